The number of sulfonamides is 1. The van der Waals surface area contributed by atoms with Crippen LogP contribution in [0.4, 0.5) is 15.8 Å². The first-order chi connectivity index (χ1) is 16.4. The Morgan fingerprint density at radius 3 is 2.35 bits per heavy atom. The van der Waals surface area contributed by atoms with Crippen LogP contribution in [0.5, 0.6) is 0 Å². The van der Waals surface area contributed by atoms with E-state index in [9.17, 15) is 17.6 Å². The predicted molar refractivity (Wildman–Crippen MR) is 134 cm³/mol. The lowest BCUT2D eigenvalue weighted by Crippen LogP contribution is -2.14. The third kappa shape index (κ3) is 5.32. The number of nitrogens with zero attached hydrogens (tertiary/aromatic N) is 1. The minimum atomic E-state index is -3.90. The van der Waals surface area contributed by atoms with Gasteiger partial charge in [-0.15, -0.1) is 11.3 Å². The lowest BCUT2D eigenvalue weighted by Gasteiger charge is -2.12. The summed E-state index contributed by atoms with van der Waals surface area (Å²) in [5, 5.41) is 5.01. The summed E-state index contributed by atoms with van der Waals surface area (Å²) in [4.78, 5) is 16.3. The van der Waals surface area contributed by atoms with Crippen molar-refractivity contribution < 1.29 is 17.6 Å². The normalized spacial score (nSPS) is 11.2. The van der Waals surface area contributed by atoms with Crippen molar-refractivity contribution in [3.05, 3.63) is 84.0 Å². The standard InChI is InChI=1S/C25H22FN3O3S2/c1-2-7-24(30)27-17-12-14-18(15-13-17)34(31,32)29-22-11-6-4-9-20(22)23-16-33-25(28-23)19-8-3-5-10-21(19)26/h3-6,8-16,29H,2,7H2,1H3,(H,27,30). The fraction of sp³-hybridized carbons (Fsp3) is 0.120. The zero-order chi connectivity index (χ0) is 24.1. The number of anilines is 2. The molecule has 0 aliphatic heterocycles. The van der Waals surface area contributed by atoms with E-state index in [1.807, 2.05) is 6.92 Å². The molecule has 0 unspecified atom stereocenters. The maximum absolute atomic E-state index is 14.2. The summed E-state index contributed by atoms with van der Waals surface area (Å²) in [6, 6.07) is 19.3. The Labute approximate surface area is 201 Å². The number of amides is 1. The molecule has 9 heteroatoms. The molecule has 0 spiro atoms. The predicted octanol–water partition coefficient (Wildman–Crippen LogP) is 6.16. The molecule has 0 saturated heterocycles. The molecular weight excluding hydrogens is 473 g/mol. The van der Waals surface area contributed by atoms with Crippen molar-refractivity contribution in [1.29, 1.82) is 0 Å². The molecule has 0 bridgehead atoms. The summed E-state index contributed by atoms with van der Waals surface area (Å²) in [5.74, 6) is -0.491. The van der Waals surface area contributed by atoms with E-state index in [2.05, 4.69) is 15.0 Å². The highest BCUT2D eigenvalue weighted by atomic mass is 32.2. The van der Waals surface area contributed by atoms with E-state index in [4.69, 9.17) is 0 Å². The van der Waals surface area contributed by atoms with E-state index in [0.717, 1.165) is 6.42 Å². The van der Waals surface area contributed by atoms with Crippen molar-refractivity contribution in [3.8, 4) is 21.8 Å². The van der Waals surface area contributed by atoms with E-state index in [1.165, 1.54) is 29.5 Å². The Balaban J connectivity index is 1.58. The van der Waals surface area contributed by atoms with Gasteiger partial charge in [0.2, 0.25) is 5.91 Å². The molecule has 0 aliphatic carbocycles. The van der Waals surface area contributed by atoms with E-state index in [0.29, 0.717) is 39.6 Å². The third-order valence-corrected chi connectivity index (χ3v) is 7.24. The Morgan fingerprint density at radius 1 is 0.971 bits per heavy atom. The Kier molecular flexibility index (Phi) is 7.04. The molecule has 6 nitrogen and oxygen atoms in total. The van der Waals surface area contributed by atoms with Gasteiger partial charge in [0, 0.05) is 28.6 Å². The number of hydrogen-bond donors (Lipinski definition) is 2. The Bertz CT molecular complexity index is 1420. The molecule has 0 aliphatic rings. The topological polar surface area (TPSA) is 88.2 Å². The van der Waals surface area contributed by atoms with Gasteiger partial charge in [0.25, 0.3) is 10.0 Å². The Hall–Kier alpha value is -3.56. The van der Waals surface area contributed by atoms with Crippen LogP contribution in [-0.2, 0) is 14.8 Å². The van der Waals surface area contributed by atoms with Crippen LogP contribution >= 0.6 is 11.3 Å². The van der Waals surface area contributed by atoms with Crippen LogP contribution in [0.2, 0.25) is 0 Å². The SMILES string of the molecule is CCCC(=O)Nc1ccc(S(=O)(=O)Nc2ccccc2-c2csc(-c3ccccc3F)n2)cc1. The summed E-state index contributed by atoms with van der Waals surface area (Å²) in [5.41, 5.74) is 2.39. The number of aromatic nitrogens is 1. The van der Waals surface area contributed by atoms with Crippen LogP contribution in [0.3, 0.4) is 0 Å². The van der Waals surface area contributed by atoms with Gasteiger partial charge < -0.3 is 5.32 Å². The van der Waals surface area contributed by atoms with Crippen molar-refractivity contribution >= 4 is 38.6 Å². The minimum absolute atomic E-state index is 0.0566. The quantitative estimate of drug-likeness (QED) is 0.307. The summed E-state index contributed by atoms with van der Waals surface area (Å²) >= 11 is 1.28. The van der Waals surface area contributed by atoms with Crippen molar-refractivity contribution in [2.75, 3.05) is 10.0 Å². The highest BCUT2D eigenvalue weighted by molar-refractivity contribution is 7.92. The smallest absolute Gasteiger partial charge is 0.261 e. The molecule has 34 heavy (non-hydrogen) atoms. The fourth-order valence-corrected chi connectivity index (χ4v) is 5.25. The van der Waals surface area contributed by atoms with E-state index >= 15 is 0 Å². The van der Waals surface area contributed by atoms with E-state index in [-0.39, 0.29) is 16.6 Å². The van der Waals surface area contributed by atoms with Crippen LogP contribution in [0.15, 0.2) is 83.1 Å². The number of para-hydroxylation sites is 1. The minimum Gasteiger partial charge on any atom is -0.326 e. The molecule has 0 atom stereocenters. The molecule has 1 amide bonds. The van der Waals surface area contributed by atoms with Crippen LogP contribution in [0.25, 0.3) is 21.8 Å². The van der Waals surface area contributed by atoms with Gasteiger partial charge in [0.05, 0.1) is 16.3 Å². The second kappa shape index (κ2) is 10.1. The zero-order valence-electron chi connectivity index (χ0n) is 18.3. The van der Waals surface area contributed by atoms with Gasteiger partial charge in [0.1, 0.15) is 10.8 Å². The monoisotopic (exact) mass is 495 g/mol. The third-order valence-electron chi connectivity index (χ3n) is 4.98. The number of carbonyl (C=O) groups excluding carboxylic acids is 1. The van der Waals surface area contributed by atoms with E-state index in [1.54, 1.807) is 60.0 Å². The summed E-state index contributed by atoms with van der Waals surface area (Å²) < 4.78 is 42.8. The lowest BCUT2D eigenvalue weighted by atomic mass is 10.1. The first-order valence-electron chi connectivity index (χ1n) is 10.6. The van der Waals surface area contributed by atoms with Gasteiger partial charge in [-0.3, -0.25) is 9.52 Å². The lowest BCUT2D eigenvalue weighted by molar-refractivity contribution is -0.116. The fourth-order valence-electron chi connectivity index (χ4n) is 3.32. The van der Waals surface area contributed by atoms with Gasteiger partial charge in [-0.1, -0.05) is 37.3 Å². The van der Waals surface area contributed by atoms with E-state index < -0.39 is 10.0 Å². The van der Waals surface area contributed by atoms with Gasteiger partial charge in [-0.25, -0.2) is 17.8 Å². The zero-order valence-corrected chi connectivity index (χ0v) is 19.9. The summed E-state index contributed by atoms with van der Waals surface area (Å²) in [7, 11) is -3.90. The molecular formula is C25H22FN3O3S2. The van der Waals surface area contributed by atoms with Crippen molar-refractivity contribution in [1.82, 2.24) is 4.98 Å². The van der Waals surface area contributed by atoms with Crippen LogP contribution in [-0.4, -0.2) is 19.3 Å². The van der Waals surface area contributed by atoms with Gasteiger partial charge in [-0.05, 0) is 48.9 Å². The molecule has 0 saturated carbocycles. The van der Waals surface area contributed by atoms with Crippen LogP contribution in [0, 0.1) is 5.82 Å². The molecule has 0 fully saturated rings. The highest BCUT2D eigenvalue weighted by Gasteiger charge is 2.18. The van der Waals surface area contributed by atoms with Gasteiger partial charge >= 0.3 is 0 Å². The molecule has 1 heterocycles. The molecule has 4 rings (SSSR count). The van der Waals surface area contributed by atoms with Gasteiger partial charge in [-0.2, -0.15) is 0 Å². The number of rotatable bonds is 8. The molecule has 3 aromatic carbocycles. The average molecular weight is 496 g/mol. The molecule has 0 radical (unpaired) electrons. The van der Waals surface area contributed by atoms with Crippen molar-refractivity contribution in [3.63, 3.8) is 0 Å². The maximum Gasteiger partial charge on any atom is 0.261 e. The number of halogens is 1. The first kappa shape index (κ1) is 23.6. The second-order valence-electron chi connectivity index (χ2n) is 7.49. The number of thiazole rings is 1. The molecule has 174 valence electrons. The van der Waals surface area contributed by atoms with Crippen LogP contribution in [0.1, 0.15) is 19.8 Å². The summed E-state index contributed by atoms with van der Waals surface area (Å²) in [6.45, 7) is 1.91. The number of carbonyl (C=O) groups is 1. The summed E-state index contributed by atoms with van der Waals surface area (Å²) in [6.07, 6.45) is 1.12. The van der Waals surface area contributed by atoms with Crippen molar-refractivity contribution in [2.24, 2.45) is 0 Å². The number of hydrogen-bond acceptors (Lipinski definition) is 5. The number of nitrogens with one attached hydrogen (secondary N) is 2. The average Bonchev–Trinajstić information content (AvgIpc) is 3.30. The Morgan fingerprint density at radius 2 is 1.65 bits per heavy atom. The largest absolute Gasteiger partial charge is 0.326 e. The second-order valence-corrected chi connectivity index (χ2v) is 10.0. The highest BCUT2D eigenvalue weighted by Crippen LogP contribution is 2.34. The molecule has 4 aromatic rings. The maximum atomic E-state index is 14.2. The number of benzene rings is 3. The first-order valence-corrected chi connectivity index (χ1v) is 13.0. The van der Waals surface area contributed by atoms with Crippen molar-refractivity contribution in [2.45, 2.75) is 24.7 Å². The molecule has 2 N–H and O–H groups in total. The van der Waals surface area contributed by atoms with Crippen LogP contribution < -0.4 is 10.0 Å². The molecule has 1 aromatic heterocycles. The van der Waals surface area contributed by atoms with Gasteiger partial charge in [0.15, 0.2) is 0 Å².